The lowest BCUT2D eigenvalue weighted by Crippen LogP contribution is -2.41. The summed E-state index contributed by atoms with van der Waals surface area (Å²) in [4.78, 5) is 18.1. The molecule has 14 heteroatoms. The molecule has 0 radical (unpaired) electrons. The van der Waals surface area contributed by atoms with Gasteiger partial charge in [0.2, 0.25) is 5.91 Å². The maximum atomic E-state index is 13.2. The first-order valence-electron chi connectivity index (χ1n) is 9.42. The molecule has 1 aromatic heterocycles. The number of hydrogen-bond donors (Lipinski definition) is 3. The van der Waals surface area contributed by atoms with Gasteiger partial charge in [-0.15, -0.1) is 0 Å². The molecule has 1 heterocycles. The van der Waals surface area contributed by atoms with E-state index in [0.717, 1.165) is 18.2 Å². The van der Waals surface area contributed by atoms with Crippen LogP contribution in [0.3, 0.4) is 0 Å². The number of rotatable bonds is 5. The van der Waals surface area contributed by atoms with Crippen molar-refractivity contribution in [2.24, 2.45) is 5.73 Å². The van der Waals surface area contributed by atoms with Gasteiger partial charge in [0, 0.05) is 0 Å². The highest BCUT2D eigenvalue weighted by Gasteiger charge is 2.39. The van der Waals surface area contributed by atoms with Crippen molar-refractivity contribution >= 4 is 16.9 Å². The van der Waals surface area contributed by atoms with Gasteiger partial charge in [-0.3, -0.25) is 4.79 Å². The van der Waals surface area contributed by atoms with Crippen LogP contribution in [-0.2, 0) is 36.3 Å². The highest BCUT2D eigenvalue weighted by molar-refractivity contribution is 5.82. The maximum absolute atomic E-state index is 13.2. The molecule has 0 aliphatic heterocycles. The van der Waals surface area contributed by atoms with Crippen molar-refractivity contribution < 1.29 is 44.3 Å². The number of H-pyrrole nitrogens is 1. The standard InChI is InChI=1S/C20H15F9N4O/c21-18(22,23)10-3-1-2-9(4-10)5-13(30)17(34)31-8-15-32-14-7-11(19(24,25)26)6-12(16(14)33-15)20(27,28)29/h1-4,6-7,13H,5,8,30H2,(H,31,34)(H,32,33). The van der Waals surface area contributed by atoms with Gasteiger partial charge in [-0.25, -0.2) is 4.98 Å². The molecule has 0 spiro atoms. The van der Waals surface area contributed by atoms with Crippen LogP contribution in [0.15, 0.2) is 36.4 Å². The van der Waals surface area contributed by atoms with Crippen LogP contribution < -0.4 is 11.1 Å². The van der Waals surface area contributed by atoms with E-state index < -0.39 is 64.7 Å². The summed E-state index contributed by atoms with van der Waals surface area (Å²) in [5.41, 5.74) is 0.443. The van der Waals surface area contributed by atoms with E-state index in [-0.39, 0.29) is 23.9 Å². The molecular weight excluding hydrogens is 483 g/mol. The van der Waals surface area contributed by atoms with Crippen LogP contribution in [0, 0.1) is 0 Å². The normalized spacial score (nSPS) is 13.8. The van der Waals surface area contributed by atoms with Gasteiger partial charge in [0.05, 0.1) is 34.8 Å². The lowest BCUT2D eigenvalue weighted by atomic mass is 10.0. The monoisotopic (exact) mass is 498 g/mol. The zero-order valence-corrected chi connectivity index (χ0v) is 16.8. The van der Waals surface area contributed by atoms with Crippen LogP contribution >= 0.6 is 0 Å². The zero-order valence-electron chi connectivity index (χ0n) is 16.8. The number of fused-ring (bicyclic) bond motifs is 1. The SMILES string of the molecule is NC(Cc1cccc(C(F)(F)F)c1)C(=O)NCc1nc2c(C(F)(F)F)cc(C(F)(F)F)cc2[nH]1. The molecule has 184 valence electrons. The van der Waals surface area contributed by atoms with Gasteiger partial charge < -0.3 is 16.0 Å². The maximum Gasteiger partial charge on any atom is 0.418 e. The fourth-order valence-corrected chi connectivity index (χ4v) is 3.16. The minimum atomic E-state index is -5.12. The highest BCUT2D eigenvalue weighted by atomic mass is 19.4. The summed E-state index contributed by atoms with van der Waals surface area (Å²) in [5.74, 6) is -1.13. The molecule has 3 aromatic rings. The van der Waals surface area contributed by atoms with E-state index in [2.05, 4.69) is 15.3 Å². The van der Waals surface area contributed by atoms with E-state index in [4.69, 9.17) is 5.73 Å². The van der Waals surface area contributed by atoms with E-state index in [1.54, 1.807) is 0 Å². The topological polar surface area (TPSA) is 83.8 Å². The molecule has 1 amide bonds. The number of alkyl halides is 9. The Morgan fingerprint density at radius 2 is 1.59 bits per heavy atom. The van der Waals surface area contributed by atoms with E-state index in [9.17, 15) is 44.3 Å². The molecule has 2 aromatic carbocycles. The molecule has 0 fully saturated rings. The second kappa shape index (κ2) is 8.81. The fraction of sp³-hybridized carbons (Fsp3) is 0.300. The highest BCUT2D eigenvalue weighted by Crippen LogP contribution is 2.39. The number of hydrogen-bond acceptors (Lipinski definition) is 3. The molecule has 34 heavy (non-hydrogen) atoms. The van der Waals surface area contributed by atoms with Crippen molar-refractivity contribution in [1.82, 2.24) is 15.3 Å². The Morgan fingerprint density at radius 1 is 0.941 bits per heavy atom. The first kappa shape index (κ1) is 25.3. The van der Waals surface area contributed by atoms with Gasteiger partial charge in [-0.05, 0) is 30.2 Å². The average Bonchev–Trinajstić information content (AvgIpc) is 3.12. The second-order valence-corrected chi connectivity index (χ2v) is 7.33. The van der Waals surface area contributed by atoms with Crippen molar-refractivity contribution in [2.75, 3.05) is 0 Å². The molecule has 4 N–H and O–H groups in total. The Kier molecular flexibility index (Phi) is 6.57. The minimum absolute atomic E-state index is 0.0590. The van der Waals surface area contributed by atoms with Crippen LogP contribution in [0.2, 0.25) is 0 Å². The molecule has 0 aliphatic rings. The molecular formula is C20H15F9N4O. The van der Waals surface area contributed by atoms with Crippen LogP contribution in [0.1, 0.15) is 28.1 Å². The number of imidazole rings is 1. The average molecular weight is 498 g/mol. The number of halogens is 9. The predicted molar refractivity (Wildman–Crippen MR) is 101 cm³/mol. The van der Waals surface area contributed by atoms with Crippen LogP contribution in [0.4, 0.5) is 39.5 Å². The molecule has 3 rings (SSSR count). The molecule has 0 bridgehead atoms. The van der Waals surface area contributed by atoms with Gasteiger partial charge in [0.1, 0.15) is 11.3 Å². The third-order valence-corrected chi connectivity index (χ3v) is 4.75. The number of benzene rings is 2. The predicted octanol–water partition coefficient (Wildman–Crippen LogP) is 4.81. The lowest BCUT2D eigenvalue weighted by Gasteiger charge is -2.13. The summed E-state index contributed by atoms with van der Waals surface area (Å²) in [6.45, 7) is -0.511. The first-order valence-corrected chi connectivity index (χ1v) is 9.42. The van der Waals surface area contributed by atoms with Crippen LogP contribution in [0.5, 0.6) is 0 Å². The number of aromatic nitrogens is 2. The lowest BCUT2D eigenvalue weighted by molar-refractivity contribution is -0.142. The van der Waals surface area contributed by atoms with Crippen molar-refractivity contribution in [3.8, 4) is 0 Å². The third kappa shape index (κ3) is 5.79. The Balaban J connectivity index is 1.75. The Labute approximate surface area is 185 Å². The van der Waals surface area contributed by atoms with Gasteiger partial charge in [0.25, 0.3) is 0 Å². The Bertz CT molecular complexity index is 1200. The number of nitrogens with two attached hydrogens (primary N) is 1. The van der Waals surface area contributed by atoms with Crippen LogP contribution in [0.25, 0.3) is 11.0 Å². The van der Waals surface area contributed by atoms with Crippen molar-refractivity contribution in [3.63, 3.8) is 0 Å². The summed E-state index contributed by atoms with van der Waals surface area (Å²) in [5, 5.41) is 2.24. The van der Waals surface area contributed by atoms with Gasteiger partial charge >= 0.3 is 18.5 Å². The number of carbonyl (C=O) groups excluding carboxylic acids is 1. The summed E-state index contributed by atoms with van der Waals surface area (Å²) in [6, 6.07) is 3.23. The van der Waals surface area contributed by atoms with Crippen molar-refractivity contribution in [3.05, 3.63) is 64.5 Å². The minimum Gasteiger partial charge on any atom is -0.348 e. The molecule has 0 saturated carbocycles. The second-order valence-electron chi connectivity index (χ2n) is 7.33. The quantitative estimate of drug-likeness (QED) is 0.442. The summed E-state index contributed by atoms with van der Waals surface area (Å²) in [6.07, 6.45) is -15.0. The zero-order chi connectivity index (χ0) is 25.5. The number of aromatic amines is 1. The van der Waals surface area contributed by atoms with Crippen LogP contribution in [-0.4, -0.2) is 21.9 Å². The molecule has 1 unspecified atom stereocenters. The van der Waals surface area contributed by atoms with Crippen molar-refractivity contribution in [1.29, 1.82) is 0 Å². The van der Waals surface area contributed by atoms with Crippen molar-refractivity contribution in [2.45, 2.75) is 37.5 Å². The fourth-order valence-electron chi connectivity index (χ4n) is 3.16. The van der Waals surface area contributed by atoms with E-state index >= 15 is 0 Å². The summed E-state index contributed by atoms with van der Waals surface area (Å²) >= 11 is 0. The van der Waals surface area contributed by atoms with Gasteiger partial charge in [-0.2, -0.15) is 39.5 Å². The first-order chi connectivity index (χ1) is 15.6. The number of amides is 1. The number of nitrogens with one attached hydrogen (secondary N) is 2. The molecule has 0 aliphatic carbocycles. The molecule has 5 nitrogen and oxygen atoms in total. The summed E-state index contributed by atoms with van der Waals surface area (Å²) < 4.78 is 117. The molecule has 1 atom stereocenters. The Morgan fingerprint density at radius 3 is 2.18 bits per heavy atom. The summed E-state index contributed by atoms with van der Waals surface area (Å²) in [7, 11) is 0. The van der Waals surface area contributed by atoms with E-state index in [1.807, 2.05) is 0 Å². The van der Waals surface area contributed by atoms with E-state index in [1.165, 1.54) is 6.07 Å². The number of carbonyl (C=O) groups is 1. The van der Waals surface area contributed by atoms with Gasteiger partial charge in [0.15, 0.2) is 0 Å². The van der Waals surface area contributed by atoms with E-state index in [0.29, 0.717) is 6.07 Å². The van der Waals surface area contributed by atoms with Gasteiger partial charge in [-0.1, -0.05) is 18.2 Å². The smallest absolute Gasteiger partial charge is 0.348 e. The Hall–Kier alpha value is -3.29. The largest absolute Gasteiger partial charge is 0.418 e. The third-order valence-electron chi connectivity index (χ3n) is 4.75. The number of nitrogens with zero attached hydrogens (tertiary/aromatic N) is 1. The molecule has 0 saturated heterocycles.